The molecular formula is C11H11N7O2. The molecule has 1 aromatic heterocycles. The molecule has 0 amide bonds. The summed E-state index contributed by atoms with van der Waals surface area (Å²) in [6.07, 6.45) is 2.87. The first-order valence-electron chi connectivity index (χ1n) is 5.50. The number of aromatic nitrogens is 3. The summed E-state index contributed by atoms with van der Waals surface area (Å²) in [7, 11) is 3.13. The number of benzene rings is 1. The number of hydrogen-bond acceptors (Lipinski definition) is 6. The van der Waals surface area contributed by atoms with Gasteiger partial charge in [-0.1, -0.05) is 0 Å². The maximum absolute atomic E-state index is 8.38. The third-order valence-corrected chi connectivity index (χ3v) is 2.41. The van der Waals surface area contributed by atoms with Gasteiger partial charge in [0.05, 0.1) is 20.4 Å². The smallest absolute Gasteiger partial charge is 0.241 e. The fourth-order valence-electron chi connectivity index (χ4n) is 1.46. The van der Waals surface area contributed by atoms with Crippen molar-refractivity contribution in [2.45, 2.75) is 0 Å². The lowest BCUT2D eigenvalue weighted by molar-refractivity contribution is 0.394. The lowest BCUT2D eigenvalue weighted by atomic mass is 10.2. The number of rotatable bonds is 5. The molecule has 0 fully saturated rings. The van der Waals surface area contributed by atoms with Crippen molar-refractivity contribution in [3.05, 3.63) is 40.5 Å². The van der Waals surface area contributed by atoms with Gasteiger partial charge < -0.3 is 9.47 Å². The maximum Gasteiger partial charge on any atom is 0.241 e. The van der Waals surface area contributed by atoms with Gasteiger partial charge in [-0.15, -0.1) is 10.2 Å². The van der Waals surface area contributed by atoms with E-state index in [2.05, 4.69) is 25.3 Å². The Bertz CT molecular complexity index is 673. The summed E-state index contributed by atoms with van der Waals surface area (Å²) >= 11 is 0. The Morgan fingerprint density at radius 1 is 1.35 bits per heavy atom. The van der Waals surface area contributed by atoms with Crippen LogP contribution >= 0.6 is 0 Å². The van der Waals surface area contributed by atoms with Gasteiger partial charge in [-0.25, -0.2) is 0 Å². The average molecular weight is 273 g/mol. The first-order valence-corrected chi connectivity index (χ1v) is 5.50. The summed E-state index contributed by atoms with van der Waals surface area (Å²) < 4.78 is 11.6. The molecular weight excluding hydrogens is 262 g/mol. The van der Waals surface area contributed by atoms with Gasteiger partial charge in [-0.3, -0.25) is 0 Å². The van der Waals surface area contributed by atoms with Crippen LogP contribution in [0.25, 0.3) is 10.4 Å². The quantitative estimate of drug-likeness (QED) is 0.359. The van der Waals surface area contributed by atoms with Crippen molar-refractivity contribution in [2.75, 3.05) is 14.2 Å². The molecule has 0 spiro atoms. The van der Waals surface area contributed by atoms with E-state index in [-0.39, 0.29) is 5.95 Å². The molecule has 0 aliphatic rings. The zero-order valence-corrected chi connectivity index (χ0v) is 10.8. The van der Waals surface area contributed by atoms with Gasteiger partial charge in [0.2, 0.25) is 5.95 Å². The van der Waals surface area contributed by atoms with Gasteiger partial charge in [-0.2, -0.15) is 9.78 Å². The fourth-order valence-corrected chi connectivity index (χ4v) is 1.46. The molecule has 102 valence electrons. The second kappa shape index (κ2) is 6.21. The number of methoxy groups -OCH3 is 2. The molecule has 0 aliphatic heterocycles. The fraction of sp³-hybridized carbons (Fsp3) is 0.182. The van der Waals surface area contributed by atoms with Gasteiger partial charge in [0.15, 0.2) is 0 Å². The third kappa shape index (κ3) is 2.85. The van der Waals surface area contributed by atoms with Gasteiger partial charge in [0, 0.05) is 16.5 Å². The minimum absolute atomic E-state index is 0.0521. The molecule has 0 unspecified atom stereocenters. The van der Waals surface area contributed by atoms with Crippen molar-refractivity contribution in [2.24, 2.45) is 10.2 Å². The predicted octanol–water partition coefficient (Wildman–Crippen LogP) is 2.12. The Morgan fingerprint density at radius 2 is 2.20 bits per heavy atom. The van der Waals surface area contributed by atoms with E-state index in [1.807, 2.05) is 0 Å². The Labute approximate surface area is 114 Å². The van der Waals surface area contributed by atoms with E-state index in [1.54, 1.807) is 32.4 Å². The highest BCUT2D eigenvalue weighted by molar-refractivity contribution is 5.83. The highest BCUT2D eigenvalue weighted by Gasteiger charge is 2.04. The Balaban J connectivity index is 2.31. The Morgan fingerprint density at radius 3 is 2.90 bits per heavy atom. The van der Waals surface area contributed by atoms with E-state index in [1.165, 1.54) is 17.2 Å². The van der Waals surface area contributed by atoms with Crippen LogP contribution in [0.1, 0.15) is 5.56 Å². The summed E-state index contributed by atoms with van der Waals surface area (Å²) in [5.74, 6) is 1.33. The lowest BCUT2D eigenvalue weighted by Gasteiger charge is -2.06. The summed E-state index contributed by atoms with van der Waals surface area (Å²) in [5.41, 5.74) is 9.11. The molecule has 0 atom stereocenters. The molecule has 0 N–H and O–H groups in total. The van der Waals surface area contributed by atoms with Gasteiger partial charge >= 0.3 is 0 Å². The summed E-state index contributed by atoms with van der Waals surface area (Å²) in [6.45, 7) is 0. The molecule has 2 aromatic rings. The lowest BCUT2D eigenvalue weighted by Crippen LogP contribution is -1.94. The van der Waals surface area contributed by atoms with Crippen LogP contribution < -0.4 is 9.47 Å². The van der Waals surface area contributed by atoms with Gasteiger partial charge in [0.25, 0.3) is 0 Å². The second-order valence-corrected chi connectivity index (χ2v) is 3.52. The minimum Gasteiger partial charge on any atom is -0.497 e. The van der Waals surface area contributed by atoms with Crippen molar-refractivity contribution in [1.82, 2.24) is 14.9 Å². The molecule has 2 rings (SSSR count). The van der Waals surface area contributed by atoms with E-state index in [9.17, 15) is 0 Å². The average Bonchev–Trinajstić information content (AvgIpc) is 2.92. The molecule has 20 heavy (non-hydrogen) atoms. The largest absolute Gasteiger partial charge is 0.497 e. The van der Waals surface area contributed by atoms with Crippen molar-refractivity contribution in [3.8, 4) is 11.5 Å². The van der Waals surface area contributed by atoms with Crippen LogP contribution in [0.15, 0.2) is 34.7 Å². The van der Waals surface area contributed by atoms with Crippen molar-refractivity contribution in [3.63, 3.8) is 0 Å². The van der Waals surface area contributed by atoms with E-state index in [0.29, 0.717) is 11.5 Å². The Hall–Kier alpha value is -3.06. The van der Waals surface area contributed by atoms with Crippen molar-refractivity contribution in [1.29, 1.82) is 0 Å². The van der Waals surface area contributed by atoms with E-state index < -0.39 is 0 Å². The first-order chi connectivity index (χ1) is 9.78. The zero-order chi connectivity index (χ0) is 14.4. The van der Waals surface area contributed by atoms with E-state index in [4.69, 9.17) is 15.0 Å². The maximum atomic E-state index is 8.38. The summed E-state index contributed by atoms with van der Waals surface area (Å²) in [4.78, 5) is 2.64. The highest BCUT2D eigenvalue weighted by atomic mass is 16.5. The van der Waals surface area contributed by atoms with Crippen LogP contribution in [0.2, 0.25) is 0 Å². The molecule has 0 saturated carbocycles. The highest BCUT2D eigenvalue weighted by Crippen LogP contribution is 2.23. The monoisotopic (exact) mass is 273 g/mol. The first kappa shape index (κ1) is 13.4. The predicted molar refractivity (Wildman–Crippen MR) is 71.4 cm³/mol. The van der Waals surface area contributed by atoms with Crippen LogP contribution in [-0.2, 0) is 0 Å². The number of azide groups is 1. The van der Waals surface area contributed by atoms with Gasteiger partial charge in [-0.05, 0) is 22.8 Å². The number of hydrogen-bond donors (Lipinski definition) is 0. The molecule has 0 aliphatic carbocycles. The van der Waals surface area contributed by atoms with Crippen molar-refractivity contribution >= 4 is 12.2 Å². The second-order valence-electron chi connectivity index (χ2n) is 3.52. The topological polar surface area (TPSA) is 110 Å². The normalized spacial score (nSPS) is 10.3. The van der Waals surface area contributed by atoms with Crippen molar-refractivity contribution < 1.29 is 9.47 Å². The standard InChI is InChI=1S/C11H11N7O2/c1-19-9-4-3-8(10(5-9)20-2)6-14-18-7-13-15-11(18)16-17-12/h3-7H,1-2H3/b14-6-. The van der Waals surface area contributed by atoms with Crippen LogP contribution in [0.5, 0.6) is 11.5 Å². The molecule has 9 nitrogen and oxygen atoms in total. The van der Waals surface area contributed by atoms with Crippen LogP contribution in [0, 0.1) is 0 Å². The number of ether oxygens (including phenoxy) is 2. The SMILES string of the molecule is COc1ccc(/C=N\n2cnnc2N=[N+]=[N-])c(OC)c1. The zero-order valence-electron chi connectivity index (χ0n) is 10.8. The van der Waals surface area contributed by atoms with E-state index in [0.717, 1.165) is 5.56 Å². The molecule has 9 heteroatoms. The molecule has 0 radical (unpaired) electrons. The van der Waals surface area contributed by atoms with Gasteiger partial charge in [0.1, 0.15) is 17.8 Å². The Kier molecular flexibility index (Phi) is 4.15. The minimum atomic E-state index is 0.0521. The van der Waals surface area contributed by atoms with Crippen LogP contribution in [0.4, 0.5) is 5.95 Å². The molecule has 0 saturated heterocycles. The summed E-state index contributed by atoms with van der Waals surface area (Å²) in [5, 5.41) is 14.7. The molecule has 1 heterocycles. The van der Waals surface area contributed by atoms with E-state index >= 15 is 0 Å². The molecule has 0 bridgehead atoms. The molecule has 1 aromatic carbocycles. The summed E-state index contributed by atoms with van der Waals surface area (Å²) in [6, 6.07) is 5.31. The van der Waals surface area contributed by atoms with Crippen LogP contribution in [0.3, 0.4) is 0 Å². The van der Waals surface area contributed by atoms with Crippen LogP contribution in [-0.4, -0.2) is 35.3 Å². The third-order valence-electron chi connectivity index (χ3n) is 2.41. The number of nitrogens with zero attached hydrogens (tertiary/aromatic N) is 7.